The molecule has 0 aliphatic carbocycles. The second-order valence-corrected chi connectivity index (χ2v) is 3.83. The van der Waals surface area contributed by atoms with Crippen molar-refractivity contribution in [1.82, 2.24) is 5.32 Å². The Morgan fingerprint density at radius 3 is 2.75 bits per heavy atom. The number of hydrogen-bond donors (Lipinski definition) is 2. The summed E-state index contributed by atoms with van der Waals surface area (Å²) in [4.78, 5) is 15.9. The summed E-state index contributed by atoms with van der Waals surface area (Å²) in [7, 11) is 0. The fraction of sp³-hybridized carbons (Fsp3) is 0.333. The van der Waals surface area contributed by atoms with E-state index in [4.69, 9.17) is 0 Å². The largest absolute Gasteiger partial charge is 0.366 e. The molecule has 1 aliphatic rings. The average Bonchev–Trinajstić information content (AvgIpc) is 2.33. The van der Waals surface area contributed by atoms with Crippen LogP contribution in [-0.2, 0) is 4.79 Å². The Bertz CT molecular complexity index is 409. The monoisotopic (exact) mass is 217 g/mol. The molecule has 0 saturated heterocycles. The van der Waals surface area contributed by atoms with Gasteiger partial charge in [0.25, 0.3) is 5.91 Å². The molecule has 0 spiro atoms. The van der Waals surface area contributed by atoms with Crippen LogP contribution in [0.3, 0.4) is 0 Å². The minimum Gasteiger partial charge on any atom is -0.366 e. The highest BCUT2D eigenvalue weighted by atomic mass is 16.2. The van der Waals surface area contributed by atoms with Crippen LogP contribution in [0.1, 0.15) is 12.0 Å². The van der Waals surface area contributed by atoms with Gasteiger partial charge in [0.2, 0.25) is 0 Å². The molecule has 0 radical (unpaired) electrons. The highest BCUT2D eigenvalue weighted by molar-refractivity contribution is 6.42. The quantitative estimate of drug-likeness (QED) is 0.785. The van der Waals surface area contributed by atoms with Crippen LogP contribution in [0.2, 0.25) is 0 Å². The third-order valence-electron chi connectivity index (χ3n) is 2.42. The maximum Gasteiger partial charge on any atom is 0.290 e. The SMILES string of the molecule is Cc1ccc(NC(=O)C2=NCCCN2)cc1. The van der Waals surface area contributed by atoms with Crippen molar-refractivity contribution in [3.63, 3.8) is 0 Å². The van der Waals surface area contributed by atoms with Gasteiger partial charge in [0, 0.05) is 18.8 Å². The summed E-state index contributed by atoms with van der Waals surface area (Å²) in [5.41, 5.74) is 1.97. The number of aryl methyl sites for hydroxylation is 1. The van der Waals surface area contributed by atoms with Crippen molar-refractivity contribution in [3.8, 4) is 0 Å². The zero-order chi connectivity index (χ0) is 11.4. The Labute approximate surface area is 94.8 Å². The molecule has 0 bridgehead atoms. The zero-order valence-electron chi connectivity index (χ0n) is 9.29. The number of rotatable bonds is 2. The van der Waals surface area contributed by atoms with E-state index in [9.17, 15) is 4.79 Å². The number of nitrogens with one attached hydrogen (secondary N) is 2. The van der Waals surface area contributed by atoms with Crippen molar-refractivity contribution in [2.75, 3.05) is 18.4 Å². The van der Waals surface area contributed by atoms with Gasteiger partial charge in [0.05, 0.1) is 0 Å². The van der Waals surface area contributed by atoms with E-state index in [1.54, 1.807) is 0 Å². The van der Waals surface area contributed by atoms with Crippen LogP contribution in [0.15, 0.2) is 29.3 Å². The van der Waals surface area contributed by atoms with E-state index in [1.807, 2.05) is 31.2 Å². The predicted molar refractivity (Wildman–Crippen MR) is 64.7 cm³/mol. The number of benzene rings is 1. The minimum atomic E-state index is -0.163. The van der Waals surface area contributed by atoms with Crippen LogP contribution >= 0.6 is 0 Å². The lowest BCUT2D eigenvalue weighted by Gasteiger charge is -2.14. The Balaban J connectivity index is 2.01. The molecular formula is C12H15N3O. The topological polar surface area (TPSA) is 53.5 Å². The predicted octanol–water partition coefficient (Wildman–Crippen LogP) is 1.33. The Hall–Kier alpha value is -1.84. The second kappa shape index (κ2) is 4.79. The van der Waals surface area contributed by atoms with Gasteiger partial charge in [0.15, 0.2) is 5.84 Å². The van der Waals surface area contributed by atoms with E-state index in [0.29, 0.717) is 5.84 Å². The van der Waals surface area contributed by atoms with E-state index < -0.39 is 0 Å². The van der Waals surface area contributed by atoms with Gasteiger partial charge in [-0.25, -0.2) is 0 Å². The molecule has 84 valence electrons. The smallest absolute Gasteiger partial charge is 0.290 e. The fourth-order valence-electron chi connectivity index (χ4n) is 1.51. The third kappa shape index (κ3) is 2.59. The van der Waals surface area contributed by atoms with Gasteiger partial charge in [-0.05, 0) is 25.5 Å². The molecule has 0 fully saturated rings. The summed E-state index contributed by atoms with van der Waals surface area (Å²) in [5.74, 6) is 0.273. The molecule has 0 aromatic heterocycles. The standard InChI is InChI=1S/C12H15N3O/c1-9-3-5-10(6-4-9)15-12(16)11-13-7-2-8-14-11/h3-6H,2,7-8H2,1H3,(H,13,14)(H,15,16). The number of hydrogen-bond acceptors (Lipinski definition) is 3. The molecule has 0 saturated carbocycles. The molecule has 1 aromatic carbocycles. The van der Waals surface area contributed by atoms with E-state index in [0.717, 1.165) is 25.2 Å². The summed E-state index contributed by atoms with van der Waals surface area (Å²) in [6, 6.07) is 7.70. The fourth-order valence-corrected chi connectivity index (χ4v) is 1.51. The molecular weight excluding hydrogens is 202 g/mol. The molecule has 2 N–H and O–H groups in total. The minimum absolute atomic E-state index is 0.163. The first-order valence-electron chi connectivity index (χ1n) is 5.42. The Kier molecular flexibility index (Phi) is 3.19. The third-order valence-corrected chi connectivity index (χ3v) is 2.42. The molecule has 4 nitrogen and oxygen atoms in total. The number of carbonyl (C=O) groups excluding carboxylic acids is 1. The molecule has 1 aliphatic heterocycles. The summed E-state index contributed by atoms with van der Waals surface area (Å²) in [6.45, 7) is 3.56. The maximum absolute atomic E-state index is 11.7. The number of amides is 1. The average molecular weight is 217 g/mol. The van der Waals surface area contributed by atoms with Gasteiger partial charge < -0.3 is 10.6 Å². The van der Waals surface area contributed by atoms with Crippen LogP contribution in [0.25, 0.3) is 0 Å². The van der Waals surface area contributed by atoms with E-state index in [-0.39, 0.29) is 5.91 Å². The van der Waals surface area contributed by atoms with Gasteiger partial charge in [0.1, 0.15) is 0 Å². The van der Waals surface area contributed by atoms with Crippen molar-refractivity contribution in [3.05, 3.63) is 29.8 Å². The summed E-state index contributed by atoms with van der Waals surface area (Å²) in [6.07, 6.45) is 0.987. The van der Waals surface area contributed by atoms with Crippen molar-refractivity contribution in [1.29, 1.82) is 0 Å². The van der Waals surface area contributed by atoms with Crippen LogP contribution in [0.5, 0.6) is 0 Å². The summed E-state index contributed by atoms with van der Waals surface area (Å²) < 4.78 is 0. The normalized spacial score (nSPS) is 14.9. The lowest BCUT2D eigenvalue weighted by atomic mass is 10.2. The lowest BCUT2D eigenvalue weighted by molar-refractivity contribution is -0.110. The van der Waals surface area contributed by atoms with Gasteiger partial charge >= 0.3 is 0 Å². The number of amidine groups is 1. The van der Waals surface area contributed by atoms with Crippen LogP contribution in [0.4, 0.5) is 5.69 Å². The molecule has 0 unspecified atom stereocenters. The number of carbonyl (C=O) groups is 1. The van der Waals surface area contributed by atoms with E-state index in [2.05, 4.69) is 15.6 Å². The van der Waals surface area contributed by atoms with Crippen molar-refractivity contribution >= 4 is 17.4 Å². The van der Waals surface area contributed by atoms with E-state index in [1.165, 1.54) is 5.56 Å². The van der Waals surface area contributed by atoms with Crippen LogP contribution < -0.4 is 10.6 Å². The highest BCUT2D eigenvalue weighted by Crippen LogP contribution is 2.08. The lowest BCUT2D eigenvalue weighted by Crippen LogP contribution is -2.39. The number of anilines is 1. The van der Waals surface area contributed by atoms with Gasteiger partial charge in [-0.15, -0.1) is 0 Å². The molecule has 4 heteroatoms. The molecule has 2 rings (SSSR count). The molecule has 1 aromatic rings. The molecule has 16 heavy (non-hydrogen) atoms. The number of nitrogens with zero attached hydrogens (tertiary/aromatic N) is 1. The second-order valence-electron chi connectivity index (χ2n) is 3.83. The number of aliphatic imine (C=N–C) groups is 1. The molecule has 0 atom stereocenters. The first-order chi connectivity index (χ1) is 7.75. The van der Waals surface area contributed by atoms with E-state index >= 15 is 0 Å². The highest BCUT2D eigenvalue weighted by Gasteiger charge is 2.13. The Morgan fingerprint density at radius 2 is 2.12 bits per heavy atom. The van der Waals surface area contributed by atoms with Gasteiger partial charge in [-0.3, -0.25) is 9.79 Å². The Morgan fingerprint density at radius 1 is 1.38 bits per heavy atom. The first kappa shape index (κ1) is 10.7. The summed E-state index contributed by atoms with van der Waals surface area (Å²) in [5, 5.41) is 5.80. The first-order valence-corrected chi connectivity index (χ1v) is 5.42. The van der Waals surface area contributed by atoms with Gasteiger partial charge in [-0.1, -0.05) is 17.7 Å². The van der Waals surface area contributed by atoms with Crippen molar-refractivity contribution in [2.45, 2.75) is 13.3 Å². The van der Waals surface area contributed by atoms with Crippen molar-refractivity contribution in [2.24, 2.45) is 4.99 Å². The molecule has 1 heterocycles. The van der Waals surface area contributed by atoms with Gasteiger partial charge in [-0.2, -0.15) is 0 Å². The summed E-state index contributed by atoms with van der Waals surface area (Å²) >= 11 is 0. The van der Waals surface area contributed by atoms with Crippen molar-refractivity contribution < 1.29 is 4.79 Å². The zero-order valence-corrected chi connectivity index (χ0v) is 9.29. The van der Waals surface area contributed by atoms with Crippen LogP contribution in [-0.4, -0.2) is 24.8 Å². The van der Waals surface area contributed by atoms with Crippen LogP contribution in [0, 0.1) is 6.92 Å². The maximum atomic E-state index is 11.7. The molecule has 1 amide bonds.